The highest BCUT2D eigenvalue weighted by atomic mass is 16.5. The third-order valence-electron chi connectivity index (χ3n) is 6.38. The third kappa shape index (κ3) is 4.49. The van der Waals surface area contributed by atoms with Crippen molar-refractivity contribution in [1.29, 1.82) is 0 Å². The van der Waals surface area contributed by atoms with E-state index in [4.69, 9.17) is 9.72 Å². The number of aromatic amines is 1. The Morgan fingerprint density at radius 3 is 2.82 bits per heavy atom. The molecule has 0 unspecified atom stereocenters. The number of amides is 1. The van der Waals surface area contributed by atoms with E-state index in [1.54, 1.807) is 18.2 Å². The van der Waals surface area contributed by atoms with Gasteiger partial charge >= 0.3 is 0 Å². The van der Waals surface area contributed by atoms with Crippen LogP contribution in [0.25, 0.3) is 0 Å². The molecule has 1 fully saturated rings. The molecular formula is C24H26N6O3. The second kappa shape index (κ2) is 9.11. The molecule has 1 N–H and O–H groups in total. The Kier molecular flexibility index (Phi) is 5.87. The lowest BCUT2D eigenvalue weighted by molar-refractivity contribution is 0.0784. The molecule has 33 heavy (non-hydrogen) atoms. The minimum absolute atomic E-state index is 0.000543. The molecule has 2 aliphatic heterocycles. The lowest BCUT2D eigenvalue weighted by Gasteiger charge is -2.28. The fraction of sp³-hybridized carbons (Fsp3) is 0.375. The maximum Gasteiger partial charge on any atom is 0.274 e. The number of carbonyl (C=O) groups excluding carboxylic acids is 1. The summed E-state index contributed by atoms with van der Waals surface area (Å²) in [6, 6.07) is 8.05. The Hall–Kier alpha value is -3.59. The van der Waals surface area contributed by atoms with Gasteiger partial charge in [0.05, 0.1) is 19.0 Å². The minimum Gasteiger partial charge on any atom is -0.497 e. The molecule has 5 rings (SSSR count). The molecule has 1 amide bonds. The summed E-state index contributed by atoms with van der Waals surface area (Å²) in [6.07, 6.45) is 5.97. The number of carbonyl (C=O) groups is 1. The molecule has 0 saturated carbocycles. The van der Waals surface area contributed by atoms with Crippen LogP contribution >= 0.6 is 0 Å². The number of hydrogen-bond donors (Lipinski definition) is 1. The summed E-state index contributed by atoms with van der Waals surface area (Å²) >= 11 is 0. The monoisotopic (exact) mass is 446 g/mol. The van der Waals surface area contributed by atoms with E-state index in [0.29, 0.717) is 37.6 Å². The Labute approximate surface area is 191 Å². The van der Waals surface area contributed by atoms with Crippen LogP contribution < -0.4 is 10.3 Å². The second-order valence-corrected chi connectivity index (χ2v) is 8.51. The number of nitrogens with zero attached hydrogens (tertiary/aromatic N) is 5. The number of hydrogen-bond acceptors (Lipinski definition) is 7. The molecule has 1 atom stereocenters. The Bertz CT molecular complexity index is 1200. The predicted molar refractivity (Wildman–Crippen MR) is 121 cm³/mol. The molecule has 9 heteroatoms. The summed E-state index contributed by atoms with van der Waals surface area (Å²) in [6.45, 7) is 3.34. The van der Waals surface area contributed by atoms with Gasteiger partial charge in [0, 0.05) is 56.6 Å². The van der Waals surface area contributed by atoms with E-state index < -0.39 is 0 Å². The van der Waals surface area contributed by atoms with E-state index in [1.165, 1.54) is 18.0 Å². The number of ether oxygens (including phenoxy) is 1. The highest BCUT2D eigenvalue weighted by molar-refractivity contribution is 5.92. The fourth-order valence-corrected chi connectivity index (χ4v) is 4.57. The van der Waals surface area contributed by atoms with Gasteiger partial charge in [-0.25, -0.2) is 9.97 Å². The van der Waals surface area contributed by atoms with Gasteiger partial charge in [-0.2, -0.15) is 0 Å². The second-order valence-electron chi connectivity index (χ2n) is 8.51. The van der Waals surface area contributed by atoms with Crippen LogP contribution in [0.2, 0.25) is 0 Å². The molecule has 0 aliphatic carbocycles. The SMILES string of the molecule is COc1ccc(CN2CCc3c(nc([C@H]4CCN(C(=O)c5cnccn5)C4)[nH]c3=O)C2)cc1. The van der Waals surface area contributed by atoms with Gasteiger partial charge in [0.1, 0.15) is 17.3 Å². The molecule has 170 valence electrons. The van der Waals surface area contributed by atoms with Crippen molar-refractivity contribution < 1.29 is 9.53 Å². The molecule has 3 aromatic rings. The summed E-state index contributed by atoms with van der Waals surface area (Å²) in [7, 11) is 1.66. The van der Waals surface area contributed by atoms with E-state index in [1.807, 2.05) is 12.1 Å². The maximum atomic E-state index is 12.8. The number of benzene rings is 1. The largest absolute Gasteiger partial charge is 0.497 e. The van der Waals surface area contributed by atoms with Gasteiger partial charge in [-0.3, -0.25) is 19.5 Å². The average Bonchev–Trinajstić information content (AvgIpc) is 3.35. The van der Waals surface area contributed by atoms with E-state index in [9.17, 15) is 9.59 Å². The Balaban J connectivity index is 1.29. The molecule has 9 nitrogen and oxygen atoms in total. The number of rotatable bonds is 5. The van der Waals surface area contributed by atoms with Crippen LogP contribution in [0.3, 0.4) is 0 Å². The number of nitrogens with one attached hydrogen (secondary N) is 1. The lowest BCUT2D eigenvalue weighted by atomic mass is 10.0. The smallest absolute Gasteiger partial charge is 0.274 e. The van der Waals surface area contributed by atoms with Gasteiger partial charge in [-0.05, 0) is 30.5 Å². The highest BCUT2D eigenvalue weighted by Crippen LogP contribution is 2.27. The van der Waals surface area contributed by atoms with Crippen molar-refractivity contribution in [3.8, 4) is 5.75 Å². The van der Waals surface area contributed by atoms with Crippen molar-refractivity contribution in [2.75, 3.05) is 26.7 Å². The predicted octanol–water partition coefficient (Wildman–Crippen LogP) is 1.76. The van der Waals surface area contributed by atoms with Gasteiger partial charge in [0.25, 0.3) is 11.5 Å². The van der Waals surface area contributed by atoms with Crippen LogP contribution in [-0.2, 0) is 19.5 Å². The first kappa shape index (κ1) is 21.3. The van der Waals surface area contributed by atoms with E-state index in [0.717, 1.165) is 36.5 Å². The van der Waals surface area contributed by atoms with Crippen molar-refractivity contribution in [1.82, 2.24) is 29.7 Å². The quantitative estimate of drug-likeness (QED) is 0.637. The van der Waals surface area contributed by atoms with Crippen molar-refractivity contribution in [3.63, 3.8) is 0 Å². The molecule has 1 aromatic carbocycles. The van der Waals surface area contributed by atoms with Gasteiger partial charge in [0.15, 0.2) is 0 Å². The van der Waals surface area contributed by atoms with Crippen LogP contribution in [0.4, 0.5) is 0 Å². The van der Waals surface area contributed by atoms with Crippen molar-refractivity contribution in [3.05, 3.63) is 81.5 Å². The average molecular weight is 447 g/mol. The van der Waals surface area contributed by atoms with E-state index in [2.05, 4.69) is 32.0 Å². The summed E-state index contributed by atoms with van der Waals surface area (Å²) in [5.74, 6) is 1.36. The van der Waals surface area contributed by atoms with Gasteiger partial charge < -0.3 is 14.6 Å². The summed E-state index contributed by atoms with van der Waals surface area (Å²) in [5.41, 5.74) is 3.08. The van der Waals surface area contributed by atoms with E-state index in [-0.39, 0.29) is 17.4 Å². The van der Waals surface area contributed by atoms with Crippen molar-refractivity contribution >= 4 is 5.91 Å². The van der Waals surface area contributed by atoms with Crippen LogP contribution in [0.15, 0.2) is 47.7 Å². The molecular weight excluding hydrogens is 420 g/mol. The molecule has 1 saturated heterocycles. The molecule has 0 radical (unpaired) electrons. The first-order valence-corrected chi connectivity index (χ1v) is 11.1. The number of H-pyrrole nitrogens is 1. The lowest BCUT2D eigenvalue weighted by Crippen LogP contribution is -2.36. The first-order valence-electron chi connectivity index (χ1n) is 11.1. The standard InChI is InChI=1S/C24H26N6O3/c1-33-18-4-2-16(3-5-18)13-29-10-7-19-21(15-29)27-22(28-23(19)31)17-6-11-30(14-17)24(32)20-12-25-8-9-26-20/h2-5,8-9,12,17H,6-7,10-11,13-15H2,1H3,(H,27,28,31)/t17-/m0/s1. The molecule has 0 spiro atoms. The van der Waals surface area contributed by atoms with Crippen LogP contribution in [0.1, 0.15) is 45.5 Å². The number of aromatic nitrogens is 4. The normalized spacial score (nSPS) is 18.2. The van der Waals surface area contributed by atoms with Crippen LogP contribution in [0, 0.1) is 0 Å². The molecule has 2 aliphatic rings. The first-order chi connectivity index (χ1) is 16.1. The van der Waals surface area contributed by atoms with Crippen molar-refractivity contribution in [2.45, 2.75) is 31.8 Å². The van der Waals surface area contributed by atoms with Crippen molar-refractivity contribution in [2.24, 2.45) is 0 Å². The third-order valence-corrected chi connectivity index (χ3v) is 6.38. The zero-order valence-corrected chi connectivity index (χ0v) is 18.5. The summed E-state index contributed by atoms with van der Waals surface area (Å²) in [4.78, 5) is 45.5. The maximum absolute atomic E-state index is 12.8. The van der Waals surface area contributed by atoms with Gasteiger partial charge in [-0.15, -0.1) is 0 Å². The summed E-state index contributed by atoms with van der Waals surface area (Å²) < 4.78 is 5.24. The number of methoxy groups -OCH3 is 1. The zero-order chi connectivity index (χ0) is 22.8. The highest BCUT2D eigenvalue weighted by Gasteiger charge is 2.31. The number of likely N-dealkylation sites (tertiary alicyclic amines) is 1. The zero-order valence-electron chi connectivity index (χ0n) is 18.5. The minimum atomic E-state index is -0.142. The van der Waals surface area contributed by atoms with Crippen LogP contribution in [0.5, 0.6) is 5.75 Å². The Morgan fingerprint density at radius 2 is 2.06 bits per heavy atom. The topological polar surface area (TPSA) is 104 Å². The van der Waals surface area contributed by atoms with Gasteiger partial charge in [0.2, 0.25) is 0 Å². The molecule has 4 heterocycles. The molecule has 0 bridgehead atoms. The van der Waals surface area contributed by atoms with Gasteiger partial charge in [-0.1, -0.05) is 12.1 Å². The van der Waals surface area contributed by atoms with E-state index >= 15 is 0 Å². The summed E-state index contributed by atoms with van der Waals surface area (Å²) in [5, 5.41) is 0. The number of fused-ring (bicyclic) bond motifs is 1. The van der Waals surface area contributed by atoms with Crippen LogP contribution in [-0.4, -0.2) is 62.4 Å². The Morgan fingerprint density at radius 1 is 1.21 bits per heavy atom. The fourth-order valence-electron chi connectivity index (χ4n) is 4.57. The molecule has 2 aromatic heterocycles.